The van der Waals surface area contributed by atoms with Crippen molar-refractivity contribution in [3.05, 3.63) is 51.8 Å². The zero-order chi connectivity index (χ0) is 13.1. The Morgan fingerprint density at radius 2 is 2.06 bits per heavy atom. The van der Waals surface area contributed by atoms with E-state index in [0.29, 0.717) is 6.54 Å². The van der Waals surface area contributed by atoms with E-state index in [4.69, 9.17) is 0 Å². The second kappa shape index (κ2) is 5.00. The van der Waals surface area contributed by atoms with Crippen molar-refractivity contribution >= 4 is 5.82 Å². The van der Waals surface area contributed by atoms with E-state index in [1.54, 1.807) is 4.57 Å². The molecule has 2 rings (SSSR count). The first kappa shape index (κ1) is 12.3. The van der Waals surface area contributed by atoms with Gasteiger partial charge in [0.15, 0.2) is 0 Å². The van der Waals surface area contributed by atoms with E-state index in [9.17, 15) is 4.79 Å². The van der Waals surface area contributed by atoms with Gasteiger partial charge in [-0.1, -0.05) is 6.07 Å². The van der Waals surface area contributed by atoms with Crippen molar-refractivity contribution in [3.63, 3.8) is 0 Å². The summed E-state index contributed by atoms with van der Waals surface area (Å²) >= 11 is 0. The molecule has 0 aliphatic carbocycles. The predicted molar refractivity (Wildman–Crippen MR) is 70.9 cm³/mol. The molecule has 5 nitrogen and oxygen atoms in total. The van der Waals surface area contributed by atoms with E-state index in [0.717, 1.165) is 22.9 Å². The van der Waals surface area contributed by atoms with Crippen LogP contribution in [0.15, 0.2) is 29.1 Å². The summed E-state index contributed by atoms with van der Waals surface area (Å²) in [6, 6.07) is 7.58. The molecule has 0 fully saturated rings. The van der Waals surface area contributed by atoms with Crippen LogP contribution in [0.5, 0.6) is 0 Å². The number of hydrogen-bond acceptors (Lipinski definition) is 4. The van der Waals surface area contributed by atoms with Gasteiger partial charge in [-0.15, -0.1) is 0 Å². The van der Waals surface area contributed by atoms with Crippen LogP contribution in [-0.4, -0.2) is 21.6 Å². The lowest BCUT2D eigenvalue weighted by molar-refractivity contribution is 0.681. The molecule has 1 N–H and O–H groups in total. The zero-order valence-corrected chi connectivity index (χ0v) is 10.8. The third-order valence-corrected chi connectivity index (χ3v) is 2.73. The van der Waals surface area contributed by atoms with E-state index in [-0.39, 0.29) is 5.69 Å². The highest BCUT2D eigenvalue weighted by atomic mass is 16.1. The number of nitrogens with zero attached hydrogens (tertiary/aromatic N) is 3. The first-order valence-electron chi connectivity index (χ1n) is 5.79. The Balaban J connectivity index is 2.37. The highest BCUT2D eigenvalue weighted by Gasteiger charge is 2.05. The molecule has 0 bridgehead atoms. The quantitative estimate of drug-likeness (QED) is 0.885. The lowest BCUT2D eigenvalue weighted by atomic mass is 10.3. The first-order valence-corrected chi connectivity index (χ1v) is 5.79. The summed E-state index contributed by atoms with van der Waals surface area (Å²) in [4.78, 5) is 20.2. The van der Waals surface area contributed by atoms with Crippen LogP contribution < -0.4 is 11.0 Å². The molecule has 2 heterocycles. The van der Waals surface area contributed by atoms with E-state index in [2.05, 4.69) is 15.3 Å². The Morgan fingerprint density at radius 1 is 1.28 bits per heavy atom. The normalized spacial score (nSPS) is 10.4. The van der Waals surface area contributed by atoms with Crippen molar-refractivity contribution in [2.45, 2.75) is 20.4 Å². The molecule has 0 radical (unpaired) electrons. The topological polar surface area (TPSA) is 59.8 Å². The van der Waals surface area contributed by atoms with Gasteiger partial charge in [0.2, 0.25) is 0 Å². The maximum absolute atomic E-state index is 11.8. The summed E-state index contributed by atoms with van der Waals surface area (Å²) in [5, 5.41) is 2.98. The van der Waals surface area contributed by atoms with Crippen molar-refractivity contribution in [2.24, 2.45) is 0 Å². The van der Waals surface area contributed by atoms with Gasteiger partial charge in [0, 0.05) is 18.4 Å². The second-order valence-electron chi connectivity index (χ2n) is 4.17. The molecule has 0 spiro atoms. The van der Waals surface area contributed by atoms with Crippen molar-refractivity contribution < 1.29 is 0 Å². The molecule has 18 heavy (non-hydrogen) atoms. The van der Waals surface area contributed by atoms with Crippen LogP contribution in [0.2, 0.25) is 0 Å². The SMILES string of the molecule is CNc1cccc(Cn2c(C)cc(C)nc2=O)n1. The van der Waals surface area contributed by atoms with E-state index < -0.39 is 0 Å². The number of pyridine rings is 1. The first-order chi connectivity index (χ1) is 8.60. The molecule has 5 heteroatoms. The third-order valence-electron chi connectivity index (χ3n) is 2.73. The third kappa shape index (κ3) is 2.56. The molecule has 0 aromatic carbocycles. The number of aromatic nitrogens is 3. The fourth-order valence-corrected chi connectivity index (χ4v) is 1.84. The van der Waals surface area contributed by atoms with E-state index >= 15 is 0 Å². The highest BCUT2D eigenvalue weighted by molar-refractivity contribution is 5.34. The van der Waals surface area contributed by atoms with Crippen LogP contribution in [0.3, 0.4) is 0 Å². The molecular weight excluding hydrogens is 228 g/mol. The van der Waals surface area contributed by atoms with Crippen LogP contribution >= 0.6 is 0 Å². The minimum absolute atomic E-state index is 0.232. The van der Waals surface area contributed by atoms with Crippen LogP contribution in [-0.2, 0) is 6.54 Å². The monoisotopic (exact) mass is 244 g/mol. The van der Waals surface area contributed by atoms with Gasteiger partial charge < -0.3 is 5.32 Å². The zero-order valence-electron chi connectivity index (χ0n) is 10.8. The standard InChI is InChI=1S/C13H16N4O/c1-9-7-10(2)17(13(18)15-9)8-11-5-4-6-12(14-3)16-11/h4-7H,8H2,1-3H3,(H,14,16). The number of hydrogen-bond donors (Lipinski definition) is 1. The number of aryl methyl sites for hydroxylation is 2. The Hall–Kier alpha value is -2.17. The maximum Gasteiger partial charge on any atom is 0.348 e. The van der Waals surface area contributed by atoms with Gasteiger partial charge in [-0.05, 0) is 32.0 Å². The van der Waals surface area contributed by atoms with Crippen LogP contribution in [0, 0.1) is 13.8 Å². The lowest BCUT2D eigenvalue weighted by Crippen LogP contribution is -2.26. The van der Waals surface area contributed by atoms with Gasteiger partial charge in [-0.25, -0.2) is 9.78 Å². The Bertz CT molecular complexity index is 619. The summed E-state index contributed by atoms with van der Waals surface area (Å²) in [5.41, 5.74) is 2.23. The Kier molecular flexibility index (Phi) is 3.41. The Morgan fingerprint density at radius 3 is 2.72 bits per heavy atom. The average Bonchev–Trinajstić information content (AvgIpc) is 2.34. The average molecular weight is 244 g/mol. The predicted octanol–water partition coefficient (Wildman–Crippen LogP) is 1.35. The number of nitrogens with one attached hydrogen (secondary N) is 1. The molecule has 0 saturated heterocycles. The summed E-state index contributed by atoms with van der Waals surface area (Å²) in [6.07, 6.45) is 0. The summed E-state index contributed by atoms with van der Waals surface area (Å²) in [5.74, 6) is 0.790. The molecule has 2 aromatic rings. The lowest BCUT2D eigenvalue weighted by Gasteiger charge is -2.10. The highest BCUT2D eigenvalue weighted by Crippen LogP contribution is 2.06. The smallest absolute Gasteiger partial charge is 0.348 e. The van der Waals surface area contributed by atoms with Crippen LogP contribution in [0.1, 0.15) is 17.1 Å². The second-order valence-corrected chi connectivity index (χ2v) is 4.17. The van der Waals surface area contributed by atoms with Crippen molar-refractivity contribution in [2.75, 3.05) is 12.4 Å². The summed E-state index contributed by atoms with van der Waals surface area (Å²) in [7, 11) is 1.82. The molecule has 2 aromatic heterocycles. The van der Waals surface area contributed by atoms with Gasteiger partial charge in [0.1, 0.15) is 5.82 Å². The molecule has 0 atom stereocenters. The largest absolute Gasteiger partial charge is 0.373 e. The fraction of sp³-hybridized carbons (Fsp3) is 0.308. The van der Waals surface area contributed by atoms with Gasteiger partial charge in [0.25, 0.3) is 0 Å². The van der Waals surface area contributed by atoms with Crippen LogP contribution in [0.25, 0.3) is 0 Å². The van der Waals surface area contributed by atoms with Crippen LogP contribution in [0.4, 0.5) is 5.82 Å². The molecule has 94 valence electrons. The maximum atomic E-state index is 11.8. The molecule has 0 unspecified atom stereocenters. The minimum Gasteiger partial charge on any atom is -0.373 e. The minimum atomic E-state index is -0.232. The number of anilines is 1. The number of rotatable bonds is 3. The molecular formula is C13H16N4O. The van der Waals surface area contributed by atoms with Gasteiger partial charge >= 0.3 is 5.69 Å². The molecule has 0 aliphatic heterocycles. The van der Waals surface area contributed by atoms with Gasteiger partial charge in [-0.3, -0.25) is 4.57 Å². The van der Waals surface area contributed by atoms with Crippen molar-refractivity contribution in [1.82, 2.24) is 14.5 Å². The molecule has 0 amide bonds. The summed E-state index contributed by atoms with van der Waals surface area (Å²) < 4.78 is 1.62. The molecule has 0 saturated carbocycles. The summed E-state index contributed by atoms with van der Waals surface area (Å²) in [6.45, 7) is 4.16. The Labute approximate surface area is 106 Å². The molecule has 0 aliphatic rings. The van der Waals surface area contributed by atoms with Crippen molar-refractivity contribution in [3.8, 4) is 0 Å². The van der Waals surface area contributed by atoms with Crippen molar-refractivity contribution in [1.29, 1.82) is 0 Å². The van der Waals surface area contributed by atoms with Gasteiger partial charge in [-0.2, -0.15) is 4.98 Å². The van der Waals surface area contributed by atoms with Gasteiger partial charge in [0.05, 0.1) is 12.2 Å². The van der Waals surface area contributed by atoms with E-state index in [1.807, 2.05) is 45.2 Å². The fourth-order valence-electron chi connectivity index (χ4n) is 1.84. The van der Waals surface area contributed by atoms with E-state index in [1.165, 1.54) is 0 Å².